The van der Waals surface area contributed by atoms with Gasteiger partial charge in [0.1, 0.15) is 17.0 Å². The Bertz CT molecular complexity index is 1150. The van der Waals surface area contributed by atoms with E-state index in [0.29, 0.717) is 5.56 Å². The van der Waals surface area contributed by atoms with Gasteiger partial charge in [0.15, 0.2) is 23.7 Å². The predicted octanol–water partition coefficient (Wildman–Crippen LogP) is 2.87. The second kappa shape index (κ2) is 7.22. The average molecular weight is 413 g/mol. The third kappa shape index (κ3) is 3.93. The lowest BCUT2D eigenvalue weighted by molar-refractivity contribution is -0.153. The molecule has 0 unspecified atom stereocenters. The topological polar surface area (TPSA) is 86.3 Å². The van der Waals surface area contributed by atoms with Gasteiger partial charge in [0, 0.05) is 7.05 Å². The molecule has 3 rings (SSSR count). The van der Waals surface area contributed by atoms with Gasteiger partial charge in [-0.1, -0.05) is 12.1 Å². The molecule has 0 radical (unpaired) electrons. The van der Waals surface area contributed by atoms with Crippen molar-refractivity contribution in [3.05, 3.63) is 57.5 Å². The summed E-state index contributed by atoms with van der Waals surface area (Å²) >= 11 is 0. The zero-order valence-corrected chi connectivity index (χ0v) is 15.2. The van der Waals surface area contributed by atoms with Gasteiger partial charge in [-0.3, -0.25) is 9.36 Å². The Morgan fingerprint density at radius 1 is 1.24 bits per heavy atom. The number of halogens is 4. The molecule has 154 valence electrons. The fourth-order valence-electron chi connectivity index (χ4n) is 2.96. The number of rotatable bonds is 5. The maximum absolute atomic E-state index is 13.1. The molecule has 0 amide bonds. The van der Waals surface area contributed by atoms with Crippen LogP contribution in [0.25, 0.3) is 11.0 Å². The van der Waals surface area contributed by atoms with E-state index in [2.05, 4.69) is 4.98 Å². The summed E-state index contributed by atoms with van der Waals surface area (Å²) in [7, 11) is 1.27. The first-order valence-electron chi connectivity index (χ1n) is 8.26. The number of fused-ring (bicyclic) bond motifs is 1. The zero-order valence-electron chi connectivity index (χ0n) is 15.2. The number of aryl methyl sites for hydroxylation is 2. The molecule has 0 aliphatic carbocycles. The number of nitrogens with zero attached hydrogens (tertiary/aromatic N) is 3. The Kier molecular flexibility index (Phi) is 5.07. The maximum Gasteiger partial charge on any atom is 0.422 e. The first-order chi connectivity index (χ1) is 13.5. The van der Waals surface area contributed by atoms with Crippen LogP contribution in [0.15, 0.2) is 29.1 Å². The smallest absolute Gasteiger partial charge is 0.422 e. The highest BCUT2D eigenvalue weighted by molar-refractivity contribution is 5.99. The minimum atomic E-state index is -4.73. The monoisotopic (exact) mass is 413 g/mol. The highest BCUT2D eigenvalue weighted by Gasteiger charge is 2.33. The summed E-state index contributed by atoms with van der Waals surface area (Å²) in [6.45, 7) is -0.310. The quantitative estimate of drug-likeness (QED) is 0.650. The fourth-order valence-corrected chi connectivity index (χ4v) is 2.96. The molecule has 0 aliphatic heterocycles. The van der Waals surface area contributed by atoms with Crippen LogP contribution in [0, 0.1) is 12.7 Å². The number of carbonyl (C=O) groups is 1. The molecular weight excluding hydrogens is 398 g/mol. The summed E-state index contributed by atoms with van der Waals surface area (Å²) in [6.07, 6.45) is -4.73. The number of aromatic nitrogens is 3. The van der Waals surface area contributed by atoms with Crippen LogP contribution in [0.4, 0.5) is 17.6 Å². The Balaban J connectivity index is 2.22. The van der Waals surface area contributed by atoms with Gasteiger partial charge in [0.25, 0.3) is 5.56 Å². The van der Waals surface area contributed by atoms with Crippen molar-refractivity contribution in [3.8, 4) is 5.75 Å². The number of hydrogen-bond donors (Lipinski definition) is 1. The molecule has 29 heavy (non-hydrogen) atoms. The Hall–Kier alpha value is -3.37. The van der Waals surface area contributed by atoms with Crippen LogP contribution in [0.2, 0.25) is 0 Å². The van der Waals surface area contributed by atoms with E-state index in [4.69, 9.17) is 4.74 Å². The lowest BCUT2D eigenvalue weighted by atomic mass is 10.2. The molecule has 2 aromatic heterocycles. The van der Waals surface area contributed by atoms with Crippen LogP contribution >= 0.6 is 0 Å². The third-order valence-corrected chi connectivity index (χ3v) is 4.27. The summed E-state index contributed by atoms with van der Waals surface area (Å²) in [4.78, 5) is 28.8. The normalized spacial score (nSPS) is 11.8. The summed E-state index contributed by atoms with van der Waals surface area (Å²) < 4.78 is 57.9. The molecule has 0 atom stereocenters. The van der Waals surface area contributed by atoms with E-state index in [1.807, 2.05) is 0 Å². The number of hydrogen-bond acceptors (Lipinski definition) is 4. The molecule has 0 saturated carbocycles. The third-order valence-electron chi connectivity index (χ3n) is 4.27. The van der Waals surface area contributed by atoms with E-state index in [9.17, 15) is 32.3 Å². The molecule has 1 N–H and O–H groups in total. The van der Waals surface area contributed by atoms with E-state index in [0.717, 1.165) is 9.13 Å². The van der Waals surface area contributed by atoms with E-state index >= 15 is 0 Å². The van der Waals surface area contributed by atoms with Gasteiger partial charge in [0.05, 0.1) is 6.54 Å². The minimum Gasteiger partial charge on any atom is -0.481 e. The lowest BCUT2D eigenvalue weighted by Crippen LogP contribution is -2.25. The Labute approximate surface area is 160 Å². The number of benzene rings is 1. The van der Waals surface area contributed by atoms with Crippen molar-refractivity contribution in [3.63, 3.8) is 0 Å². The number of alkyl halides is 3. The van der Waals surface area contributed by atoms with E-state index in [-0.39, 0.29) is 23.4 Å². The van der Waals surface area contributed by atoms with E-state index < -0.39 is 41.6 Å². The van der Waals surface area contributed by atoms with Gasteiger partial charge in [0.2, 0.25) is 0 Å². The first-order valence-corrected chi connectivity index (χ1v) is 8.26. The van der Waals surface area contributed by atoms with Crippen molar-refractivity contribution in [2.45, 2.75) is 19.6 Å². The SMILES string of the molecule is Cc1nc2c(c(OCC(F)(F)F)c(C(=O)O)n2C)c(=O)n1Cc1ccc(F)cc1. The van der Waals surface area contributed by atoms with E-state index in [1.54, 1.807) is 0 Å². The highest BCUT2D eigenvalue weighted by atomic mass is 19.4. The van der Waals surface area contributed by atoms with Gasteiger partial charge in [-0.05, 0) is 24.6 Å². The summed E-state index contributed by atoms with van der Waals surface area (Å²) in [5.41, 5.74) is -0.952. The van der Waals surface area contributed by atoms with Gasteiger partial charge < -0.3 is 14.4 Å². The van der Waals surface area contributed by atoms with Crippen molar-refractivity contribution < 1.29 is 32.2 Å². The van der Waals surface area contributed by atoms with Gasteiger partial charge in [-0.2, -0.15) is 13.2 Å². The van der Waals surface area contributed by atoms with Crippen molar-refractivity contribution in [1.82, 2.24) is 14.1 Å². The van der Waals surface area contributed by atoms with E-state index in [1.165, 1.54) is 38.2 Å². The summed E-state index contributed by atoms with van der Waals surface area (Å²) in [5, 5.41) is 9.04. The van der Waals surface area contributed by atoms with Gasteiger partial charge in [-0.25, -0.2) is 14.2 Å². The second-order valence-electron chi connectivity index (χ2n) is 6.32. The van der Waals surface area contributed by atoms with Crippen LogP contribution in [0.5, 0.6) is 5.75 Å². The summed E-state index contributed by atoms with van der Waals surface area (Å²) in [5.74, 6) is -2.53. The molecular formula is C18H15F4N3O4. The van der Waals surface area contributed by atoms with Crippen LogP contribution < -0.4 is 10.3 Å². The summed E-state index contributed by atoms with van der Waals surface area (Å²) in [6, 6.07) is 5.29. The first kappa shape index (κ1) is 20.4. The Morgan fingerprint density at radius 2 is 1.86 bits per heavy atom. The van der Waals surface area contributed by atoms with Crippen LogP contribution in [-0.4, -0.2) is 38.0 Å². The van der Waals surface area contributed by atoms with Crippen LogP contribution in [-0.2, 0) is 13.6 Å². The number of aromatic carboxylic acids is 1. The second-order valence-corrected chi connectivity index (χ2v) is 6.32. The van der Waals surface area contributed by atoms with Crippen LogP contribution in [0.3, 0.4) is 0 Å². The lowest BCUT2D eigenvalue weighted by Gasteiger charge is -2.11. The van der Waals surface area contributed by atoms with Gasteiger partial charge >= 0.3 is 12.1 Å². The molecule has 0 aliphatic rings. The Morgan fingerprint density at radius 3 is 2.41 bits per heavy atom. The van der Waals surface area contributed by atoms with Crippen molar-refractivity contribution >= 4 is 17.0 Å². The van der Waals surface area contributed by atoms with Crippen molar-refractivity contribution in [2.75, 3.05) is 6.61 Å². The minimum absolute atomic E-state index is 0.0378. The zero-order chi connectivity index (χ0) is 21.5. The molecule has 0 bridgehead atoms. The number of carboxylic acid groups (broad SMARTS) is 1. The van der Waals surface area contributed by atoms with Gasteiger partial charge in [-0.15, -0.1) is 0 Å². The molecule has 3 aromatic rings. The molecule has 1 aromatic carbocycles. The predicted molar refractivity (Wildman–Crippen MR) is 93.7 cm³/mol. The molecule has 0 saturated heterocycles. The number of ether oxygens (including phenoxy) is 1. The average Bonchev–Trinajstić information content (AvgIpc) is 2.90. The fraction of sp³-hybridized carbons (Fsp3) is 0.278. The molecule has 7 nitrogen and oxygen atoms in total. The standard InChI is InChI=1S/C18H15F4N3O4/c1-9-23-15-12(16(26)25(9)7-10-3-5-11(19)6-4-10)14(29-8-18(20,21)22)13(17(27)28)24(15)2/h3-6H,7-8H2,1-2H3,(H,27,28). The van der Waals surface area contributed by atoms with Crippen molar-refractivity contribution in [2.24, 2.45) is 7.05 Å². The molecule has 11 heteroatoms. The van der Waals surface area contributed by atoms with Crippen LogP contribution in [0.1, 0.15) is 21.9 Å². The molecule has 0 fully saturated rings. The maximum atomic E-state index is 13.1. The largest absolute Gasteiger partial charge is 0.481 e. The molecule has 2 heterocycles. The highest BCUT2D eigenvalue weighted by Crippen LogP contribution is 2.31. The molecule has 0 spiro atoms. The van der Waals surface area contributed by atoms with Crippen molar-refractivity contribution in [1.29, 1.82) is 0 Å². The number of carboxylic acids is 1.